The third-order valence-electron chi connectivity index (χ3n) is 0.986. The van der Waals surface area contributed by atoms with Gasteiger partial charge in [0.25, 0.3) is 0 Å². The number of allylic oxidation sites excluding steroid dienone is 1. The van der Waals surface area contributed by atoms with Crippen LogP contribution in [0.15, 0.2) is 12.2 Å². The minimum absolute atomic E-state index is 0.657. The minimum atomic E-state index is 0.657. The second kappa shape index (κ2) is 6.74. The Kier molecular flexibility index (Phi) is 8.99. The van der Waals surface area contributed by atoms with Crippen molar-refractivity contribution in [3.8, 4) is 0 Å². The van der Waals surface area contributed by atoms with Crippen molar-refractivity contribution in [3.05, 3.63) is 12.2 Å². The molecule has 0 aliphatic rings. The van der Waals surface area contributed by atoms with E-state index >= 15 is 0 Å². The molecule has 0 atom stereocenters. The molecule has 0 unspecified atom stereocenters. The summed E-state index contributed by atoms with van der Waals surface area (Å²) in [4.78, 5) is 0. The fourth-order valence-electron chi connectivity index (χ4n) is 0. The molecule has 0 bridgehead atoms. The Hall–Kier alpha value is -0.260. The lowest BCUT2D eigenvalue weighted by Crippen LogP contribution is -1.83. The van der Waals surface area contributed by atoms with Crippen molar-refractivity contribution in [1.82, 2.24) is 0 Å². The highest BCUT2D eigenvalue weighted by atomic mass is 13.9. The summed E-state index contributed by atoms with van der Waals surface area (Å²) in [6.07, 6.45) is 0. The van der Waals surface area contributed by atoms with Crippen LogP contribution in [0.1, 0.15) is 34.6 Å². The maximum atomic E-state index is 3.75. The molecule has 0 aliphatic heterocycles. The minimum Gasteiger partial charge on any atom is -0.0999 e. The maximum absolute atomic E-state index is 3.75. The smallest absolute Gasteiger partial charge is 0.0266 e. The zero-order valence-corrected chi connectivity index (χ0v) is 6.78. The van der Waals surface area contributed by atoms with Gasteiger partial charge in [0.1, 0.15) is 0 Å². The molecule has 0 aliphatic carbocycles. The van der Waals surface area contributed by atoms with Gasteiger partial charge in [-0.2, -0.15) is 0 Å². The fourth-order valence-corrected chi connectivity index (χ4v) is 0. The molecule has 0 saturated heterocycles. The molecule has 0 fully saturated rings. The van der Waals surface area contributed by atoms with E-state index in [-0.39, 0.29) is 0 Å². The lowest BCUT2D eigenvalue weighted by molar-refractivity contribution is 0.773. The van der Waals surface area contributed by atoms with Crippen LogP contribution >= 0.6 is 0 Å². The van der Waals surface area contributed by atoms with Crippen molar-refractivity contribution in [2.24, 2.45) is 5.92 Å². The van der Waals surface area contributed by atoms with Crippen molar-refractivity contribution < 1.29 is 0 Å². The standard InChI is InChI=1S/C6H12.C2H6/c1-5(2)6(3)4;1-2/h6H,1H2,2-4H3;1-2H3. The van der Waals surface area contributed by atoms with Gasteiger partial charge in [0.2, 0.25) is 0 Å². The molecule has 0 aromatic rings. The van der Waals surface area contributed by atoms with Crippen LogP contribution in [-0.4, -0.2) is 0 Å². The summed E-state index contributed by atoms with van der Waals surface area (Å²) in [5, 5.41) is 0. The third-order valence-corrected chi connectivity index (χ3v) is 0.986. The molecule has 0 spiro atoms. The van der Waals surface area contributed by atoms with E-state index in [0.717, 1.165) is 0 Å². The van der Waals surface area contributed by atoms with E-state index in [0.29, 0.717) is 5.92 Å². The van der Waals surface area contributed by atoms with E-state index in [9.17, 15) is 0 Å². The summed E-state index contributed by atoms with van der Waals surface area (Å²) in [6, 6.07) is 0. The van der Waals surface area contributed by atoms with Crippen molar-refractivity contribution in [2.75, 3.05) is 0 Å². The van der Waals surface area contributed by atoms with Crippen LogP contribution in [-0.2, 0) is 0 Å². The van der Waals surface area contributed by atoms with Crippen LogP contribution in [0.2, 0.25) is 0 Å². The molecule has 0 rings (SSSR count). The van der Waals surface area contributed by atoms with Crippen LogP contribution < -0.4 is 0 Å². The van der Waals surface area contributed by atoms with Gasteiger partial charge in [-0.15, -0.1) is 0 Å². The van der Waals surface area contributed by atoms with Crippen molar-refractivity contribution >= 4 is 0 Å². The molecule has 0 saturated carbocycles. The average Bonchev–Trinajstić information content (AvgIpc) is 1.72. The lowest BCUT2D eigenvalue weighted by atomic mass is 10.1. The Labute approximate surface area is 53.6 Å². The van der Waals surface area contributed by atoms with Gasteiger partial charge in [-0.1, -0.05) is 39.8 Å². The molecular formula is C8H18. The first-order chi connectivity index (χ1) is 3.64. The topological polar surface area (TPSA) is 0 Å². The summed E-state index contributed by atoms with van der Waals surface area (Å²) in [7, 11) is 0. The van der Waals surface area contributed by atoms with Gasteiger partial charge < -0.3 is 0 Å². The van der Waals surface area contributed by atoms with Gasteiger partial charge in [-0.25, -0.2) is 0 Å². The van der Waals surface area contributed by atoms with Crippen LogP contribution in [0.3, 0.4) is 0 Å². The van der Waals surface area contributed by atoms with Crippen LogP contribution in [0.25, 0.3) is 0 Å². The SMILES string of the molecule is C=C(C)C(C)C.CC. The van der Waals surface area contributed by atoms with Crippen LogP contribution in [0, 0.1) is 5.92 Å². The molecule has 0 heterocycles. The van der Waals surface area contributed by atoms with Gasteiger partial charge in [0.15, 0.2) is 0 Å². The predicted octanol–water partition coefficient (Wildman–Crippen LogP) is 3.24. The second-order valence-electron chi connectivity index (χ2n) is 2.00. The zero-order chi connectivity index (χ0) is 7.15. The first kappa shape index (κ1) is 10.7. The Balaban J connectivity index is 0. The van der Waals surface area contributed by atoms with E-state index < -0.39 is 0 Å². The van der Waals surface area contributed by atoms with E-state index in [1.54, 1.807) is 0 Å². The quantitative estimate of drug-likeness (QED) is 0.459. The Morgan fingerprint density at radius 1 is 1.25 bits per heavy atom. The van der Waals surface area contributed by atoms with E-state index in [4.69, 9.17) is 0 Å². The maximum Gasteiger partial charge on any atom is -0.0266 e. The monoisotopic (exact) mass is 114 g/mol. The summed E-state index contributed by atoms with van der Waals surface area (Å²) in [6.45, 7) is 14.1. The zero-order valence-electron chi connectivity index (χ0n) is 6.78. The van der Waals surface area contributed by atoms with Crippen molar-refractivity contribution in [3.63, 3.8) is 0 Å². The molecule has 0 aromatic heterocycles. The molecule has 50 valence electrons. The number of rotatable bonds is 1. The van der Waals surface area contributed by atoms with Gasteiger partial charge in [0.05, 0.1) is 0 Å². The first-order valence-electron chi connectivity index (χ1n) is 3.30. The number of hydrogen-bond donors (Lipinski definition) is 0. The van der Waals surface area contributed by atoms with E-state index in [2.05, 4.69) is 20.4 Å². The molecular weight excluding hydrogens is 96.1 g/mol. The Morgan fingerprint density at radius 2 is 1.38 bits per heavy atom. The molecule has 0 radical (unpaired) electrons. The van der Waals surface area contributed by atoms with Crippen LogP contribution in [0.4, 0.5) is 0 Å². The molecule has 8 heavy (non-hydrogen) atoms. The second-order valence-corrected chi connectivity index (χ2v) is 2.00. The summed E-state index contributed by atoms with van der Waals surface area (Å²) < 4.78 is 0. The molecule has 0 nitrogen and oxygen atoms in total. The molecule has 0 aromatic carbocycles. The van der Waals surface area contributed by atoms with Crippen LogP contribution in [0.5, 0.6) is 0 Å². The Morgan fingerprint density at radius 3 is 1.38 bits per heavy atom. The van der Waals surface area contributed by atoms with Gasteiger partial charge in [0, 0.05) is 0 Å². The van der Waals surface area contributed by atoms with Gasteiger partial charge >= 0.3 is 0 Å². The van der Waals surface area contributed by atoms with Gasteiger partial charge in [-0.3, -0.25) is 0 Å². The van der Waals surface area contributed by atoms with E-state index in [1.165, 1.54) is 5.57 Å². The first-order valence-corrected chi connectivity index (χ1v) is 3.30. The summed E-state index contributed by atoms with van der Waals surface area (Å²) in [5.74, 6) is 0.657. The predicted molar refractivity (Wildman–Crippen MR) is 41.0 cm³/mol. The van der Waals surface area contributed by atoms with Gasteiger partial charge in [-0.05, 0) is 12.8 Å². The van der Waals surface area contributed by atoms with Crippen molar-refractivity contribution in [2.45, 2.75) is 34.6 Å². The highest BCUT2D eigenvalue weighted by molar-refractivity contribution is 4.90. The largest absolute Gasteiger partial charge is 0.0999 e. The third kappa shape index (κ3) is 9.22. The highest BCUT2D eigenvalue weighted by Gasteiger charge is 1.87. The number of hydrogen-bond acceptors (Lipinski definition) is 0. The molecule has 0 heteroatoms. The normalized spacial score (nSPS) is 7.75. The fraction of sp³-hybridized carbons (Fsp3) is 0.750. The highest BCUT2D eigenvalue weighted by Crippen LogP contribution is 2.02. The molecule has 0 N–H and O–H groups in total. The summed E-state index contributed by atoms with van der Waals surface area (Å²) >= 11 is 0. The van der Waals surface area contributed by atoms with E-state index in [1.807, 2.05) is 20.8 Å². The molecule has 0 amide bonds. The Bertz CT molecular complexity index is 51.1. The summed E-state index contributed by atoms with van der Waals surface area (Å²) in [5.41, 5.74) is 1.26. The average molecular weight is 114 g/mol. The van der Waals surface area contributed by atoms with Crippen molar-refractivity contribution in [1.29, 1.82) is 0 Å². The lowest BCUT2D eigenvalue weighted by Gasteiger charge is -1.97.